The number of hydrogen-bond acceptors (Lipinski definition) is 3. The van der Waals surface area contributed by atoms with Crippen LogP contribution in [-0.2, 0) is 0 Å². The van der Waals surface area contributed by atoms with Crippen LogP contribution in [0.5, 0.6) is 5.75 Å². The Kier molecular flexibility index (Phi) is 3.94. The second kappa shape index (κ2) is 5.24. The van der Waals surface area contributed by atoms with Gasteiger partial charge in [0.25, 0.3) is 0 Å². The van der Waals surface area contributed by atoms with Crippen LogP contribution in [0.25, 0.3) is 0 Å². The van der Waals surface area contributed by atoms with Gasteiger partial charge in [0, 0.05) is 0 Å². The highest BCUT2D eigenvalue weighted by atomic mass is 16.6. The first-order valence-electron chi connectivity index (χ1n) is 4.36. The Morgan fingerprint density at radius 2 is 2.14 bits per heavy atom. The number of hydrogen-bond donors (Lipinski definition) is 2. The van der Waals surface area contributed by atoms with Crippen molar-refractivity contribution in [2.24, 2.45) is 0 Å². The van der Waals surface area contributed by atoms with Gasteiger partial charge in [-0.15, -0.1) is 0 Å². The molecular formula is C10H13NO3. The van der Waals surface area contributed by atoms with E-state index in [-0.39, 0.29) is 12.6 Å². The zero-order chi connectivity index (χ0) is 10.4. The molecule has 0 spiro atoms. The van der Waals surface area contributed by atoms with Gasteiger partial charge in [-0.25, -0.2) is 4.79 Å². The molecule has 0 bridgehead atoms. The summed E-state index contributed by atoms with van der Waals surface area (Å²) < 4.78 is 4.93. The minimum Gasteiger partial charge on any atom is -0.410 e. The molecule has 4 heteroatoms. The molecule has 0 aliphatic carbocycles. The third kappa shape index (κ3) is 3.45. The van der Waals surface area contributed by atoms with Gasteiger partial charge in [0.05, 0.1) is 12.6 Å². The second-order valence-electron chi connectivity index (χ2n) is 2.93. The third-order valence-electron chi connectivity index (χ3n) is 1.59. The minimum absolute atomic E-state index is 0.107. The van der Waals surface area contributed by atoms with E-state index in [2.05, 4.69) is 5.32 Å². The van der Waals surface area contributed by atoms with Crippen molar-refractivity contribution in [1.82, 2.24) is 5.32 Å². The molecule has 0 saturated heterocycles. The number of carbonyl (C=O) groups excluding carboxylic acids is 1. The van der Waals surface area contributed by atoms with Crippen LogP contribution in [0, 0.1) is 0 Å². The summed E-state index contributed by atoms with van der Waals surface area (Å²) in [6.45, 7) is 1.58. The first-order valence-corrected chi connectivity index (χ1v) is 4.36. The van der Waals surface area contributed by atoms with Crippen molar-refractivity contribution in [3.05, 3.63) is 30.3 Å². The summed E-state index contributed by atoms with van der Waals surface area (Å²) in [5.74, 6) is 0.482. The fraction of sp³-hybridized carbons (Fsp3) is 0.300. The molecule has 0 saturated carbocycles. The van der Waals surface area contributed by atoms with Crippen molar-refractivity contribution in [2.75, 3.05) is 6.61 Å². The summed E-state index contributed by atoms with van der Waals surface area (Å²) in [6, 6.07) is 8.45. The summed E-state index contributed by atoms with van der Waals surface area (Å²) in [5.41, 5.74) is 0. The molecule has 0 aromatic heterocycles. The first kappa shape index (κ1) is 10.5. The molecule has 2 N–H and O–H groups in total. The molecule has 76 valence electrons. The lowest BCUT2D eigenvalue weighted by Crippen LogP contribution is -2.36. The quantitative estimate of drug-likeness (QED) is 0.760. The summed E-state index contributed by atoms with van der Waals surface area (Å²) >= 11 is 0. The van der Waals surface area contributed by atoms with Gasteiger partial charge in [0.15, 0.2) is 0 Å². The molecule has 1 amide bonds. The SMILES string of the molecule is CC(CO)NC(=O)Oc1ccccc1. The van der Waals surface area contributed by atoms with Crippen LogP contribution >= 0.6 is 0 Å². The highest BCUT2D eigenvalue weighted by molar-refractivity contribution is 5.70. The Hall–Kier alpha value is -1.55. The largest absolute Gasteiger partial charge is 0.412 e. The summed E-state index contributed by atoms with van der Waals surface area (Å²) in [7, 11) is 0. The van der Waals surface area contributed by atoms with Crippen LogP contribution in [-0.4, -0.2) is 23.8 Å². The van der Waals surface area contributed by atoms with E-state index in [9.17, 15) is 4.79 Å². The van der Waals surface area contributed by atoms with Gasteiger partial charge in [0.2, 0.25) is 0 Å². The number of benzene rings is 1. The molecular weight excluding hydrogens is 182 g/mol. The van der Waals surface area contributed by atoms with Gasteiger partial charge in [0.1, 0.15) is 5.75 Å². The first-order chi connectivity index (χ1) is 6.72. The zero-order valence-corrected chi connectivity index (χ0v) is 7.93. The standard InChI is InChI=1S/C10H13NO3/c1-8(7-12)11-10(13)14-9-5-3-2-4-6-9/h2-6,8,12H,7H2,1H3,(H,11,13). The number of amides is 1. The second-order valence-corrected chi connectivity index (χ2v) is 2.93. The number of aliphatic hydroxyl groups is 1. The Morgan fingerprint density at radius 1 is 1.50 bits per heavy atom. The minimum atomic E-state index is -0.558. The van der Waals surface area contributed by atoms with Crippen molar-refractivity contribution < 1.29 is 14.6 Å². The van der Waals surface area contributed by atoms with E-state index in [1.54, 1.807) is 31.2 Å². The molecule has 0 radical (unpaired) electrons. The lowest BCUT2D eigenvalue weighted by atomic mass is 10.3. The average molecular weight is 195 g/mol. The van der Waals surface area contributed by atoms with Crippen molar-refractivity contribution in [3.63, 3.8) is 0 Å². The maximum Gasteiger partial charge on any atom is 0.412 e. The van der Waals surface area contributed by atoms with E-state index in [0.29, 0.717) is 5.75 Å². The van der Waals surface area contributed by atoms with E-state index < -0.39 is 6.09 Å². The number of nitrogens with one attached hydrogen (secondary N) is 1. The lowest BCUT2D eigenvalue weighted by Gasteiger charge is -2.10. The average Bonchev–Trinajstić information content (AvgIpc) is 2.19. The van der Waals surface area contributed by atoms with Gasteiger partial charge in [-0.2, -0.15) is 0 Å². The third-order valence-corrected chi connectivity index (χ3v) is 1.59. The number of para-hydroxylation sites is 1. The van der Waals surface area contributed by atoms with Gasteiger partial charge >= 0.3 is 6.09 Å². The normalized spacial score (nSPS) is 11.9. The predicted molar refractivity (Wildman–Crippen MR) is 52.1 cm³/mol. The molecule has 1 aromatic rings. The summed E-state index contributed by atoms with van der Waals surface area (Å²) in [5, 5.41) is 11.1. The Labute approximate surface area is 82.5 Å². The molecule has 0 aliphatic heterocycles. The van der Waals surface area contributed by atoms with Gasteiger partial charge in [-0.3, -0.25) is 0 Å². The lowest BCUT2D eigenvalue weighted by molar-refractivity contribution is 0.186. The maximum absolute atomic E-state index is 11.1. The molecule has 4 nitrogen and oxygen atoms in total. The van der Waals surface area contributed by atoms with Crippen molar-refractivity contribution >= 4 is 6.09 Å². The van der Waals surface area contributed by atoms with Crippen LogP contribution in [0.15, 0.2) is 30.3 Å². The molecule has 0 heterocycles. The molecule has 1 rings (SSSR count). The van der Waals surface area contributed by atoms with E-state index >= 15 is 0 Å². The summed E-state index contributed by atoms with van der Waals surface area (Å²) in [6.07, 6.45) is -0.558. The van der Waals surface area contributed by atoms with Crippen LogP contribution < -0.4 is 10.1 Å². The molecule has 14 heavy (non-hydrogen) atoms. The molecule has 1 atom stereocenters. The van der Waals surface area contributed by atoms with E-state index in [0.717, 1.165) is 0 Å². The zero-order valence-electron chi connectivity index (χ0n) is 7.93. The van der Waals surface area contributed by atoms with E-state index in [1.807, 2.05) is 6.07 Å². The van der Waals surface area contributed by atoms with Gasteiger partial charge < -0.3 is 15.2 Å². The van der Waals surface area contributed by atoms with Gasteiger partial charge in [-0.1, -0.05) is 18.2 Å². The molecule has 1 aromatic carbocycles. The van der Waals surface area contributed by atoms with E-state index in [1.165, 1.54) is 0 Å². The maximum atomic E-state index is 11.1. The van der Waals surface area contributed by atoms with Crippen molar-refractivity contribution in [2.45, 2.75) is 13.0 Å². The fourth-order valence-electron chi connectivity index (χ4n) is 0.872. The number of rotatable bonds is 3. The van der Waals surface area contributed by atoms with Crippen LogP contribution in [0.1, 0.15) is 6.92 Å². The highest BCUT2D eigenvalue weighted by Crippen LogP contribution is 2.08. The van der Waals surface area contributed by atoms with Crippen molar-refractivity contribution in [1.29, 1.82) is 0 Å². The molecule has 0 aliphatic rings. The van der Waals surface area contributed by atoms with Crippen LogP contribution in [0.3, 0.4) is 0 Å². The Balaban J connectivity index is 2.42. The fourth-order valence-corrected chi connectivity index (χ4v) is 0.872. The van der Waals surface area contributed by atoms with Gasteiger partial charge in [-0.05, 0) is 19.1 Å². The van der Waals surface area contributed by atoms with Crippen LogP contribution in [0.4, 0.5) is 4.79 Å². The van der Waals surface area contributed by atoms with E-state index in [4.69, 9.17) is 9.84 Å². The molecule has 0 fully saturated rings. The number of ether oxygens (including phenoxy) is 1. The Morgan fingerprint density at radius 3 is 2.71 bits per heavy atom. The number of aliphatic hydroxyl groups excluding tert-OH is 1. The number of carbonyl (C=O) groups is 1. The topological polar surface area (TPSA) is 58.6 Å². The molecule has 1 unspecified atom stereocenters. The van der Waals surface area contributed by atoms with Crippen LogP contribution in [0.2, 0.25) is 0 Å². The smallest absolute Gasteiger partial charge is 0.410 e. The summed E-state index contributed by atoms with van der Waals surface area (Å²) in [4.78, 5) is 11.1. The monoisotopic (exact) mass is 195 g/mol. The van der Waals surface area contributed by atoms with Crippen molar-refractivity contribution in [3.8, 4) is 5.75 Å². The highest BCUT2D eigenvalue weighted by Gasteiger charge is 2.07. The Bertz CT molecular complexity index is 287. The predicted octanol–water partition coefficient (Wildman–Crippen LogP) is 1.16.